The number of hydrogen-bond acceptors (Lipinski definition) is 4. The summed E-state index contributed by atoms with van der Waals surface area (Å²) in [5.74, 6) is 0.463. The van der Waals surface area contributed by atoms with Crippen molar-refractivity contribution in [1.29, 1.82) is 0 Å². The number of piperidine rings is 1. The number of anilines is 1. The van der Waals surface area contributed by atoms with E-state index >= 15 is 0 Å². The monoisotopic (exact) mass is 504 g/mol. The topological polar surface area (TPSA) is 91.6 Å². The lowest BCUT2D eigenvalue weighted by Gasteiger charge is -2.32. The second-order valence-electron chi connectivity index (χ2n) is 9.66. The maximum atomic E-state index is 13.1. The first-order valence-corrected chi connectivity index (χ1v) is 12.8. The second kappa shape index (κ2) is 10.3. The highest BCUT2D eigenvalue weighted by molar-refractivity contribution is 5.98. The predicted molar refractivity (Wildman–Crippen MR) is 147 cm³/mol. The Bertz CT molecular complexity index is 1600. The molecule has 1 aliphatic heterocycles. The van der Waals surface area contributed by atoms with Gasteiger partial charge in [-0.25, -0.2) is 9.78 Å². The first kappa shape index (κ1) is 23.7. The van der Waals surface area contributed by atoms with Gasteiger partial charge in [0.15, 0.2) is 0 Å². The number of hydrogen-bond donors (Lipinski definition) is 2. The first-order chi connectivity index (χ1) is 18.6. The van der Waals surface area contributed by atoms with Crippen molar-refractivity contribution in [1.82, 2.24) is 24.6 Å². The summed E-state index contributed by atoms with van der Waals surface area (Å²) in [5, 5.41) is 7.85. The molecular weight excluding hydrogens is 476 g/mol. The second-order valence-corrected chi connectivity index (χ2v) is 9.66. The van der Waals surface area contributed by atoms with Gasteiger partial charge in [0, 0.05) is 67.3 Å². The number of nitrogens with one attached hydrogen (secondary N) is 2. The molecular formula is C30H28N6O2. The predicted octanol–water partition coefficient (Wildman–Crippen LogP) is 5.22. The molecule has 4 heterocycles. The first-order valence-electron chi connectivity index (χ1n) is 12.8. The summed E-state index contributed by atoms with van der Waals surface area (Å²) >= 11 is 0. The Morgan fingerprint density at radius 3 is 2.58 bits per heavy atom. The van der Waals surface area contributed by atoms with E-state index in [1.54, 1.807) is 18.6 Å². The van der Waals surface area contributed by atoms with E-state index in [0.29, 0.717) is 18.0 Å². The summed E-state index contributed by atoms with van der Waals surface area (Å²) in [7, 11) is 0. The quantitative estimate of drug-likeness (QED) is 0.343. The van der Waals surface area contributed by atoms with Gasteiger partial charge in [-0.05, 0) is 77.7 Å². The van der Waals surface area contributed by atoms with Gasteiger partial charge < -0.3 is 19.9 Å². The van der Waals surface area contributed by atoms with Gasteiger partial charge in [-0.1, -0.05) is 18.2 Å². The van der Waals surface area contributed by atoms with Gasteiger partial charge in [0.1, 0.15) is 5.65 Å². The molecule has 1 fully saturated rings. The molecule has 8 heteroatoms. The third-order valence-electron chi connectivity index (χ3n) is 7.23. The summed E-state index contributed by atoms with van der Waals surface area (Å²) in [5.41, 5.74) is 4.51. The van der Waals surface area contributed by atoms with Crippen LogP contribution < -0.4 is 10.6 Å². The van der Waals surface area contributed by atoms with Crippen LogP contribution in [-0.4, -0.2) is 44.3 Å². The van der Waals surface area contributed by atoms with Gasteiger partial charge in [0.25, 0.3) is 5.91 Å². The molecule has 0 atom stereocenters. The van der Waals surface area contributed by atoms with E-state index in [1.807, 2.05) is 70.2 Å². The fourth-order valence-electron chi connectivity index (χ4n) is 5.08. The standard InChI is InChI=1S/C30H28N6O2/c37-29(25-2-1-23-7-11-31-20-26(23)18-25)36-14-9-24(10-15-36)22-3-5-27(6-4-22)34-30(38)33-19-21-8-13-35-16-12-32-28(35)17-21/h1-8,11-13,16-18,20,24H,9-10,14-15,19H2,(H2,33,34,38). The average molecular weight is 505 g/mol. The lowest BCUT2D eigenvalue weighted by Crippen LogP contribution is -2.37. The molecule has 2 aromatic carbocycles. The number of pyridine rings is 2. The Morgan fingerprint density at radius 1 is 0.895 bits per heavy atom. The number of rotatable bonds is 5. The number of nitrogens with zero attached hydrogens (tertiary/aromatic N) is 4. The van der Waals surface area contributed by atoms with E-state index in [2.05, 4.69) is 32.7 Å². The molecule has 0 saturated carbocycles. The van der Waals surface area contributed by atoms with Gasteiger partial charge in [-0.3, -0.25) is 9.78 Å². The van der Waals surface area contributed by atoms with Gasteiger partial charge in [0.2, 0.25) is 0 Å². The van der Waals surface area contributed by atoms with E-state index in [0.717, 1.165) is 53.6 Å². The number of aromatic nitrogens is 3. The number of benzene rings is 2. The molecule has 6 rings (SSSR count). The smallest absolute Gasteiger partial charge is 0.319 e. The minimum Gasteiger partial charge on any atom is -0.339 e. The largest absolute Gasteiger partial charge is 0.339 e. The van der Waals surface area contributed by atoms with Crippen LogP contribution in [0.3, 0.4) is 0 Å². The molecule has 0 spiro atoms. The van der Waals surface area contributed by atoms with Crippen molar-refractivity contribution in [3.63, 3.8) is 0 Å². The summed E-state index contributed by atoms with van der Waals surface area (Å²) in [6, 6.07) is 19.4. The lowest BCUT2D eigenvalue weighted by atomic mass is 9.89. The van der Waals surface area contributed by atoms with Crippen molar-refractivity contribution in [2.75, 3.05) is 18.4 Å². The number of fused-ring (bicyclic) bond motifs is 2. The average Bonchev–Trinajstić information content (AvgIpc) is 3.44. The van der Waals surface area contributed by atoms with Crippen molar-refractivity contribution < 1.29 is 9.59 Å². The van der Waals surface area contributed by atoms with Crippen LogP contribution in [0.5, 0.6) is 0 Å². The highest BCUT2D eigenvalue weighted by atomic mass is 16.2. The highest BCUT2D eigenvalue weighted by Gasteiger charge is 2.24. The fraction of sp³-hybridized carbons (Fsp3) is 0.200. The zero-order chi connectivity index (χ0) is 25.9. The van der Waals surface area contributed by atoms with Crippen molar-refractivity contribution >= 4 is 34.0 Å². The number of likely N-dealkylation sites (tertiary alicyclic amines) is 1. The summed E-state index contributed by atoms with van der Waals surface area (Å²) in [4.78, 5) is 35.8. The van der Waals surface area contributed by atoms with Crippen molar-refractivity contribution in [2.45, 2.75) is 25.3 Å². The Labute approximate surface area is 220 Å². The summed E-state index contributed by atoms with van der Waals surface area (Å²) in [6.07, 6.45) is 10.9. The van der Waals surface area contributed by atoms with Crippen molar-refractivity contribution in [3.05, 3.63) is 108 Å². The lowest BCUT2D eigenvalue weighted by molar-refractivity contribution is 0.0713. The van der Waals surface area contributed by atoms with E-state index in [9.17, 15) is 9.59 Å². The zero-order valence-corrected chi connectivity index (χ0v) is 20.9. The Morgan fingerprint density at radius 2 is 1.74 bits per heavy atom. The molecule has 38 heavy (non-hydrogen) atoms. The maximum absolute atomic E-state index is 13.1. The van der Waals surface area contributed by atoms with Crippen molar-refractivity contribution in [2.24, 2.45) is 0 Å². The van der Waals surface area contributed by atoms with Gasteiger partial charge >= 0.3 is 6.03 Å². The van der Waals surface area contributed by atoms with Crippen LogP contribution in [-0.2, 0) is 6.54 Å². The zero-order valence-electron chi connectivity index (χ0n) is 20.9. The van der Waals surface area contributed by atoms with Gasteiger partial charge in [0.05, 0.1) is 0 Å². The summed E-state index contributed by atoms with van der Waals surface area (Å²) < 4.78 is 1.93. The summed E-state index contributed by atoms with van der Waals surface area (Å²) in [6.45, 7) is 1.86. The Hall–Kier alpha value is -4.72. The SMILES string of the molecule is O=C(NCc1ccn2ccnc2c1)Nc1ccc(C2CCN(C(=O)c3ccc4ccncc4c3)CC2)cc1. The van der Waals surface area contributed by atoms with Crippen LogP contribution in [0.4, 0.5) is 10.5 Å². The minimum absolute atomic E-state index is 0.0736. The van der Waals surface area contributed by atoms with E-state index in [4.69, 9.17) is 0 Å². The number of imidazole rings is 1. The number of carbonyl (C=O) groups is 2. The van der Waals surface area contributed by atoms with Crippen LogP contribution in [0.1, 0.15) is 40.2 Å². The van der Waals surface area contributed by atoms with E-state index < -0.39 is 0 Å². The molecule has 0 unspecified atom stereocenters. The minimum atomic E-state index is -0.253. The fourth-order valence-corrected chi connectivity index (χ4v) is 5.08. The third kappa shape index (κ3) is 5.06. The highest BCUT2D eigenvalue weighted by Crippen LogP contribution is 2.30. The third-order valence-corrected chi connectivity index (χ3v) is 7.23. The Kier molecular flexibility index (Phi) is 6.44. The normalized spacial score (nSPS) is 14.1. The molecule has 8 nitrogen and oxygen atoms in total. The van der Waals surface area contributed by atoms with Crippen LogP contribution in [0, 0.1) is 0 Å². The van der Waals surface area contributed by atoms with Crippen LogP contribution in [0.25, 0.3) is 16.4 Å². The van der Waals surface area contributed by atoms with Crippen LogP contribution in [0.2, 0.25) is 0 Å². The molecule has 0 aliphatic carbocycles. The molecule has 2 N–H and O–H groups in total. The maximum Gasteiger partial charge on any atom is 0.319 e. The van der Waals surface area contributed by atoms with Crippen molar-refractivity contribution in [3.8, 4) is 0 Å². The molecule has 190 valence electrons. The molecule has 5 aromatic rings. The van der Waals surface area contributed by atoms with Crippen LogP contribution in [0.15, 0.2) is 91.6 Å². The molecule has 1 saturated heterocycles. The molecule has 0 radical (unpaired) electrons. The molecule has 0 bridgehead atoms. The molecule has 1 aliphatic rings. The number of carbonyl (C=O) groups excluding carboxylic acids is 2. The van der Waals surface area contributed by atoms with E-state index in [-0.39, 0.29) is 11.9 Å². The molecule has 3 amide bonds. The molecule has 3 aromatic heterocycles. The van der Waals surface area contributed by atoms with Gasteiger partial charge in [-0.15, -0.1) is 0 Å². The number of urea groups is 1. The van der Waals surface area contributed by atoms with Crippen LogP contribution >= 0.6 is 0 Å². The number of amides is 3. The van der Waals surface area contributed by atoms with Gasteiger partial charge in [-0.2, -0.15) is 0 Å². The van der Waals surface area contributed by atoms with E-state index in [1.165, 1.54) is 5.56 Å². The Balaban J connectivity index is 1.00.